The van der Waals surface area contributed by atoms with Crippen LogP contribution in [0.5, 0.6) is 11.5 Å². The largest absolute Gasteiger partial charge is 0.494 e. The predicted octanol–water partition coefficient (Wildman–Crippen LogP) is 2.37. The highest BCUT2D eigenvalue weighted by Gasteiger charge is 2.42. The summed E-state index contributed by atoms with van der Waals surface area (Å²) in [6.45, 7) is 2.48. The molecule has 1 aromatic rings. The summed E-state index contributed by atoms with van der Waals surface area (Å²) in [6.07, 6.45) is 3.50. The zero-order chi connectivity index (χ0) is 16.7. The molecule has 126 valence electrons. The van der Waals surface area contributed by atoms with E-state index in [2.05, 4.69) is 5.32 Å². The molecule has 0 saturated heterocycles. The summed E-state index contributed by atoms with van der Waals surface area (Å²) in [5.74, 6) is -0.0966. The fourth-order valence-electron chi connectivity index (χ4n) is 2.67. The van der Waals surface area contributed by atoms with Gasteiger partial charge in [-0.25, -0.2) is 4.79 Å². The van der Waals surface area contributed by atoms with Crippen molar-refractivity contribution >= 4 is 11.9 Å². The molecule has 0 aromatic heterocycles. The highest BCUT2D eigenvalue weighted by molar-refractivity contribution is 5.87. The van der Waals surface area contributed by atoms with Crippen molar-refractivity contribution in [3.63, 3.8) is 0 Å². The van der Waals surface area contributed by atoms with Gasteiger partial charge in [0.1, 0.15) is 17.0 Å². The Balaban J connectivity index is 1.83. The molecule has 1 amide bonds. The maximum atomic E-state index is 12.0. The molecule has 1 aliphatic rings. The molecule has 2 rings (SSSR count). The summed E-state index contributed by atoms with van der Waals surface area (Å²) in [4.78, 5) is 23.4. The number of nitrogens with one attached hydrogen (secondary N) is 1. The van der Waals surface area contributed by atoms with Gasteiger partial charge in [-0.1, -0.05) is 19.8 Å². The summed E-state index contributed by atoms with van der Waals surface area (Å²) in [7, 11) is 0. The van der Waals surface area contributed by atoms with Crippen LogP contribution in [0.15, 0.2) is 24.3 Å². The van der Waals surface area contributed by atoms with Crippen LogP contribution in [0.25, 0.3) is 0 Å². The highest BCUT2D eigenvalue weighted by atomic mass is 16.5. The second kappa shape index (κ2) is 7.85. The minimum absolute atomic E-state index is 0.204. The zero-order valence-electron chi connectivity index (χ0n) is 13.3. The SMILES string of the molecule is CCCOc1ccc(OCC(=O)NC2(C(=O)O)CCCC2)cc1. The average molecular weight is 321 g/mol. The van der Waals surface area contributed by atoms with Crippen LogP contribution in [-0.2, 0) is 9.59 Å². The molecule has 1 aromatic carbocycles. The quantitative estimate of drug-likeness (QED) is 0.768. The van der Waals surface area contributed by atoms with Gasteiger partial charge in [0.25, 0.3) is 5.91 Å². The van der Waals surface area contributed by atoms with Gasteiger partial charge < -0.3 is 19.9 Å². The molecule has 0 spiro atoms. The van der Waals surface area contributed by atoms with Gasteiger partial charge in [0, 0.05) is 0 Å². The van der Waals surface area contributed by atoms with Gasteiger partial charge in [0.15, 0.2) is 6.61 Å². The molecule has 2 N–H and O–H groups in total. The Bertz CT molecular complexity index is 534. The number of carboxylic acid groups (broad SMARTS) is 1. The first-order valence-electron chi connectivity index (χ1n) is 7.96. The fraction of sp³-hybridized carbons (Fsp3) is 0.529. The Kier molecular flexibility index (Phi) is 5.84. The van der Waals surface area contributed by atoms with Crippen molar-refractivity contribution in [1.29, 1.82) is 0 Å². The molecule has 0 heterocycles. The molecule has 1 fully saturated rings. The van der Waals surface area contributed by atoms with E-state index < -0.39 is 17.4 Å². The highest BCUT2D eigenvalue weighted by Crippen LogP contribution is 2.29. The molecule has 1 saturated carbocycles. The van der Waals surface area contributed by atoms with Crippen LogP contribution in [0.3, 0.4) is 0 Å². The van der Waals surface area contributed by atoms with Crippen molar-refractivity contribution in [3.8, 4) is 11.5 Å². The monoisotopic (exact) mass is 321 g/mol. The van der Waals surface area contributed by atoms with E-state index in [1.54, 1.807) is 24.3 Å². The molecule has 0 radical (unpaired) electrons. The van der Waals surface area contributed by atoms with Crippen molar-refractivity contribution in [1.82, 2.24) is 5.32 Å². The Morgan fingerprint density at radius 1 is 1.13 bits per heavy atom. The van der Waals surface area contributed by atoms with Crippen LogP contribution in [-0.4, -0.2) is 35.7 Å². The summed E-state index contributed by atoms with van der Waals surface area (Å²) in [5, 5.41) is 11.9. The number of aliphatic carboxylic acids is 1. The van der Waals surface area contributed by atoms with Gasteiger partial charge in [-0.15, -0.1) is 0 Å². The first-order valence-corrected chi connectivity index (χ1v) is 7.96. The van der Waals surface area contributed by atoms with Crippen molar-refractivity contribution in [2.45, 2.75) is 44.6 Å². The van der Waals surface area contributed by atoms with E-state index >= 15 is 0 Å². The summed E-state index contributed by atoms with van der Waals surface area (Å²) >= 11 is 0. The molecular weight excluding hydrogens is 298 g/mol. The molecule has 0 bridgehead atoms. The molecule has 1 aliphatic carbocycles. The number of hydrogen-bond acceptors (Lipinski definition) is 4. The van der Waals surface area contributed by atoms with Gasteiger partial charge in [-0.2, -0.15) is 0 Å². The Morgan fingerprint density at radius 3 is 2.22 bits per heavy atom. The zero-order valence-corrected chi connectivity index (χ0v) is 13.3. The van der Waals surface area contributed by atoms with Gasteiger partial charge >= 0.3 is 5.97 Å². The van der Waals surface area contributed by atoms with Crippen LogP contribution in [0.1, 0.15) is 39.0 Å². The first-order chi connectivity index (χ1) is 11.1. The van der Waals surface area contributed by atoms with Crippen molar-refractivity contribution in [2.75, 3.05) is 13.2 Å². The number of carboxylic acids is 1. The Morgan fingerprint density at radius 2 is 1.70 bits per heavy atom. The first kappa shape index (κ1) is 17.1. The van der Waals surface area contributed by atoms with Crippen LogP contribution in [0, 0.1) is 0 Å². The minimum atomic E-state index is -1.13. The van der Waals surface area contributed by atoms with E-state index in [1.807, 2.05) is 6.92 Å². The Labute approximate surface area is 135 Å². The second-order valence-electron chi connectivity index (χ2n) is 5.75. The average Bonchev–Trinajstić information content (AvgIpc) is 3.02. The number of rotatable bonds is 8. The fourth-order valence-corrected chi connectivity index (χ4v) is 2.67. The van der Waals surface area contributed by atoms with E-state index in [9.17, 15) is 14.7 Å². The third-order valence-corrected chi connectivity index (χ3v) is 3.91. The lowest BCUT2D eigenvalue weighted by Gasteiger charge is -2.25. The molecule has 6 heteroatoms. The van der Waals surface area contributed by atoms with Crippen LogP contribution in [0.4, 0.5) is 0 Å². The standard InChI is InChI=1S/C17H23NO5/c1-2-11-22-13-5-7-14(8-6-13)23-12-15(19)18-17(16(20)21)9-3-4-10-17/h5-8H,2-4,9-12H2,1H3,(H,18,19)(H,20,21). The molecular formula is C17H23NO5. The molecule has 0 aliphatic heterocycles. The smallest absolute Gasteiger partial charge is 0.329 e. The topological polar surface area (TPSA) is 84.9 Å². The van der Waals surface area contributed by atoms with Crippen molar-refractivity contribution in [2.24, 2.45) is 0 Å². The van der Waals surface area contributed by atoms with Gasteiger partial charge in [-0.05, 0) is 43.5 Å². The van der Waals surface area contributed by atoms with Crippen molar-refractivity contribution < 1.29 is 24.2 Å². The van der Waals surface area contributed by atoms with E-state index in [0.29, 0.717) is 25.2 Å². The maximum Gasteiger partial charge on any atom is 0.329 e. The predicted molar refractivity (Wildman–Crippen MR) is 84.7 cm³/mol. The Hall–Kier alpha value is -2.24. The molecule has 0 unspecified atom stereocenters. The summed E-state index contributed by atoms with van der Waals surface area (Å²) in [5.41, 5.74) is -1.13. The maximum absolute atomic E-state index is 12.0. The number of ether oxygens (including phenoxy) is 2. The number of benzene rings is 1. The van der Waals surface area contributed by atoms with Gasteiger partial charge in [0.05, 0.1) is 6.61 Å². The third kappa shape index (κ3) is 4.61. The lowest BCUT2D eigenvalue weighted by atomic mass is 9.98. The van der Waals surface area contributed by atoms with Crippen LogP contribution < -0.4 is 14.8 Å². The minimum Gasteiger partial charge on any atom is -0.494 e. The van der Waals surface area contributed by atoms with Crippen LogP contribution in [0.2, 0.25) is 0 Å². The number of carbonyl (C=O) groups excluding carboxylic acids is 1. The van der Waals surface area contributed by atoms with E-state index in [1.165, 1.54) is 0 Å². The lowest BCUT2D eigenvalue weighted by molar-refractivity contribution is -0.147. The number of carbonyl (C=O) groups is 2. The second-order valence-corrected chi connectivity index (χ2v) is 5.75. The van der Waals surface area contributed by atoms with E-state index in [-0.39, 0.29) is 6.61 Å². The van der Waals surface area contributed by atoms with E-state index in [4.69, 9.17) is 9.47 Å². The lowest BCUT2D eigenvalue weighted by Crippen LogP contribution is -2.53. The molecule has 0 atom stereocenters. The van der Waals surface area contributed by atoms with E-state index in [0.717, 1.165) is 25.0 Å². The number of amides is 1. The molecule has 6 nitrogen and oxygen atoms in total. The molecule has 23 heavy (non-hydrogen) atoms. The summed E-state index contributed by atoms with van der Waals surface area (Å²) < 4.78 is 10.9. The van der Waals surface area contributed by atoms with Gasteiger partial charge in [0.2, 0.25) is 0 Å². The van der Waals surface area contributed by atoms with Crippen LogP contribution >= 0.6 is 0 Å². The third-order valence-electron chi connectivity index (χ3n) is 3.91. The normalized spacial score (nSPS) is 15.9. The number of hydrogen-bond donors (Lipinski definition) is 2. The van der Waals surface area contributed by atoms with Crippen molar-refractivity contribution in [3.05, 3.63) is 24.3 Å². The van der Waals surface area contributed by atoms with Gasteiger partial charge in [-0.3, -0.25) is 4.79 Å². The summed E-state index contributed by atoms with van der Waals surface area (Å²) in [6, 6.07) is 7.00.